The first-order valence-electron chi connectivity index (χ1n) is 8.40. The van der Waals surface area contributed by atoms with Crippen molar-refractivity contribution in [3.8, 4) is 11.3 Å². The fourth-order valence-electron chi connectivity index (χ4n) is 3.36. The number of nitrogens with zero attached hydrogens (tertiary/aromatic N) is 4. The summed E-state index contributed by atoms with van der Waals surface area (Å²) in [5.74, 6) is 1.11. The Morgan fingerprint density at radius 2 is 1.96 bits per heavy atom. The number of fused-ring (bicyclic) bond motifs is 1. The van der Waals surface area contributed by atoms with Gasteiger partial charge in [0.05, 0.1) is 18.1 Å². The number of hydrogen-bond donors (Lipinski definition) is 1. The van der Waals surface area contributed by atoms with Crippen LogP contribution in [0, 0.1) is 0 Å². The molecule has 2 aromatic rings. The Morgan fingerprint density at radius 1 is 1.12 bits per heavy atom. The van der Waals surface area contributed by atoms with E-state index in [1.54, 1.807) is 4.90 Å². The maximum Gasteiger partial charge on any atom is 0.227 e. The smallest absolute Gasteiger partial charge is 0.227 e. The third-order valence-electron chi connectivity index (χ3n) is 4.78. The molecule has 1 N–H and O–H groups in total. The van der Waals surface area contributed by atoms with Crippen LogP contribution in [0.25, 0.3) is 11.3 Å². The van der Waals surface area contributed by atoms with E-state index in [4.69, 9.17) is 4.98 Å². The Morgan fingerprint density at radius 3 is 2.79 bits per heavy atom. The molecule has 0 bridgehead atoms. The topological polar surface area (TPSA) is 61.4 Å². The number of rotatable bonds is 2. The van der Waals surface area contributed by atoms with Gasteiger partial charge in [-0.1, -0.05) is 6.07 Å². The third kappa shape index (κ3) is 2.73. The van der Waals surface area contributed by atoms with Gasteiger partial charge in [-0.25, -0.2) is 4.98 Å². The van der Waals surface area contributed by atoms with Crippen molar-refractivity contribution in [3.63, 3.8) is 0 Å². The summed E-state index contributed by atoms with van der Waals surface area (Å²) in [6, 6.07) is 6.18. The zero-order valence-electron chi connectivity index (χ0n) is 13.8. The number of piperazine rings is 1. The van der Waals surface area contributed by atoms with E-state index >= 15 is 0 Å². The summed E-state index contributed by atoms with van der Waals surface area (Å²) in [5.41, 5.74) is 4.14. The molecule has 1 aromatic carbocycles. The maximum atomic E-state index is 11.8. The molecule has 2 aliphatic rings. The van der Waals surface area contributed by atoms with Gasteiger partial charge in [0.25, 0.3) is 0 Å². The molecule has 24 heavy (non-hydrogen) atoms. The standard InChI is InChI=1S/C18H21N5O/c1-22-16-4-2-13(10-14(16)3-5-18(22)24)15-11-20-12-17(21-15)23-8-6-19-7-9-23/h2,4,10-12,19H,3,5-9H2,1H3. The first-order chi connectivity index (χ1) is 11.7. The molecule has 0 saturated carbocycles. The van der Waals surface area contributed by atoms with E-state index in [1.165, 1.54) is 5.56 Å². The summed E-state index contributed by atoms with van der Waals surface area (Å²) >= 11 is 0. The van der Waals surface area contributed by atoms with Crippen LogP contribution in [0.4, 0.5) is 11.5 Å². The highest BCUT2D eigenvalue weighted by molar-refractivity contribution is 5.96. The number of hydrogen-bond acceptors (Lipinski definition) is 5. The van der Waals surface area contributed by atoms with Gasteiger partial charge >= 0.3 is 0 Å². The van der Waals surface area contributed by atoms with Crippen LogP contribution in [0.1, 0.15) is 12.0 Å². The number of aryl methyl sites for hydroxylation is 1. The highest BCUT2D eigenvalue weighted by Crippen LogP contribution is 2.31. The Hall–Kier alpha value is -2.47. The molecular weight excluding hydrogens is 302 g/mol. The molecule has 0 atom stereocenters. The molecule has 124 valence electrons. The van der Waals surface area contributed by atoms with E-state index in [0.29, 0.717) is 6.42 Å². The molecular formula is C18H21N5O. The lowest BCUT2D eigenvalue weighted by molar-refractivity contribution is -0.118. The van der Waals surface area contributed by atoms with E-state index < -0.39 is 0 Å². The molecule has 2 aliphatic heterocycles. The summed E-state index contributed by atoms with van der Waals surface area (Å²) in [6.45, 7) is 3.86. The molecule has 6 heteroatoms. The zero-order valence-corrected chi connectivity index (χ0v) is 13.8. The molecule has 4 rings (SSSR count). The maximum absolute atomic E-state index is 11.8. The summed E-state index contributed by atoms with van der Waals surface area (Å²) < 4.78 is 0. The van der Waals surface area contributed by atoms with E-state index in [1.807, 2.05) is 31.6 Å². The van der Waals surface area contributed by atoms with Crippen LogP contribution in [-0.2, 0) is 11.2 Å². The SMILES string of the molecule is CN1C(=O)CCc2cc(-c3cncc(N4CCNCC4)n3)ccc21. The summed E-state index contributed by atoms with van der Waals surface area (Å²) in [4.78, 5) is 25.0. The summed E-state index contributed by atoms with van der Waals surface area (Å²) in [7, 11) is 1.84. The van der Waals surface area contributed by atoms with E-state index in [-0.39, 0.29) is 5.91 Å². The second-order valence-electron chi connectivity index (χ2n) is 6.30. The van der Waals surface area contributed by atoms with Gasteiger partial charge in [-0.2, -0.15) is 0 Å². The highest BCUT2D eigenvalue weighted by Gasteiger charge is 2.21. The van der Waals surface area contributed by atoms with E-state index in [9.17, 15) is 4.79 Å². The highest BCUT2D eigenvalue weighted by atomic mass is 16.2. The van der Waals surface area contributed by atoms with Crippen molar-refractivity contribution in [1.82, 2.24) is 15.3 Å². The van der Waals surface area contributed by atoms with Gasteiger partial charge in [0.15, 0.2) is 0 Å². The van der Waals surface area contributed by atoms with Gasteiger partial charge in [0.1, 0.15) is 5.82 Å². The van der Waals surface area contributed by atoms with Crippen LogP contribution >= 0.6 is 0 Å². The minimum Gasteiger partial charge on any atom is -0.353 e. The predicted molar refractivity (Wildman–Crippen MR) is 94.3 cm³/mol. The molecule has 0 unspecified atom stereocenters. The van der Waals surface area contributed by atoms with Crippen molar-refractivity contribution < 1.29 is 4.79 Å². The van der Waals surface area contributed by atoms with Crippen LogP contribution < -0.4 is 15.1 Å². The van der Waals surface area contributed by atoms with E-state index in [0.717, 1.165) is 55.4 Å². The van der Waals surface area contributed by atoms with Crippen LogP contribution in [0.2, 0.25) is 0 Å². The van der Waals surface area contributed by atoms with Crippen molar-refractivity contribution >= 4 is 17.4 Å². The number of aromatic nitrogens is 2. The fourth-order valence-corrected chi connectivity index (χ4v) is 3.36. The normalized spacial score (nSPS) is 17.8. The molecule has 1 fully saturated rings. The number of carbonyl (C=O) groups is 1. The van der Waals surface area contributed by atoms with Gasteiger partial charge in [-0.05, 0) is 24.1 Å². The molecule has 3 heterocycles. The van der Waals surface area contributed by atoms with Gasteiger partial charge in [0.2, 0.25) is 5.91 Å². The van der Waals surface area contributed by atoms with Crippen LogP contribution in [-0.4, -0.2) is 49.1 Å². The molecule has 0 spiro atoms. The summed E-state index contributed by atoms with van der Waals surface area (Å²) in [6.07, 6.45) is 5.00. The monoisotopic (exact) mass is 323 g/mol. The lowest BCUT2D eigenvalue weighted by atomic mass is 9.98. The average molecular weight is 323 g/mol. The minimum absolute atomic E-state index is 0.177. The van der Waals surface area contributed by atoms with Gasteiger partial charge < -0.3 is 15.1 Å². The van der Waals surface area contributed by atoms with Crippen LogP contribution in [0.5, 0.6) is 0 Å². The van der Waals surface area contributed by atoms with Crippen molar-refractivity contribution in [2.75, 3.05) is 43.0 Å². The lowest BCUT2D eigenvalue weighted by Gasteiger charge is -2.28. The van der Waals surface area contributed by atoms with Crippen molar-refractivity contribution in [1.29, 1.82) is 0 Å². The van der Waals surface area contributed by atoms with Crippen molar-refractivity contribution in [2.45, 2.75) is 12.8 Å². The van der Waals surface area contributed by atoms with Gasteiger partial charge in [-0.3, -0.25) is 9.78 Å². The molecule has 1 saturated heterocycles. The molecule has 1 amide bonds. The van der Waals surface area contributed by atoms with Gasteiger partial charge in [-0.15, -0.1) is 0 Å². The number of anilines is 2. The predicted octanol–water partition coefficient (Wildman–Crippen LogP) is 1.46. The first-order valence-corrected chi connectivity index (χ1v) is 8.40. The minimum atomic E-state index is 0.177. The summed E-state index contributed by atoms with van der Waals surface area (Å²) in [5, 5.41) is 3.35. The Labute approximate surface area is 141 Å². The quantitative estimate of drug-likeness (QED) is 0.907. The second kappa shape index (κ2) is 6.20. The molecule has 1 aromatic heterocycles. The van der Waals surface area contributed by atoms with Crippen LogP contribution in [0.15, 0.2) is 30.6 Å². The number of nitrogens with one attached hydrogen (secondary N) is 1. The van der Waals surface area contributed by atoms with E-state index in [2.05, 4.69) is 21.3 Å². The first kappa shape index (κ1) is 15.1. The Bertz CT molecular complexity index is 770. The average Bonchev–Trinajstić information content (AvgIpc) is 2.65. The molecule has 0 aliphatic carbocycles. The fraction of sp³-hybridized carbons (Fsp3) is 0.389. The molecule has 0 radical (unpaired) electrons. The number of amides is 1. The molecule has 6 nitrogen and oxygen atoms in total. The second-order valence-corrected chi connectivity index (χ2v) is 6.30. The Balaban J connectivity index is 1.65. The lowest BCUT2D eigenvalue weighted by Crippen LogP contribution is -2.43. The van der Waals surface area contributed by atoms with Gasteiger partial charge in [0, 0.05) is 50.9 Å². The largest absolute Gasteiger partial charge is 0.353 e. The van der Waals surface area contributed by atoms with Crippen molar-refractivity contribution in [3.05, 3.63) is 36.2 Å². The zero-order chi connectivity index (χ0) is 16.5. The van der Waals surface area contributed by atoms with Crippen LogP contribution in [0.3, 0.4) is 0 Å². The number of benzene rings is 1. The third-order valence-corrected chi connectivity index (χ3v) is 4.78. The number of carbonyl (C=O) groups excluding carboxylic acids is 1. The van der Waals surface area contributed by atoms with Crippen molar-refractivity contribution in [2.24, 2.45) is 0 Å². The Kier molecular flexibility index (Phi) is 3.90.